The minimum Gasteiger partial charge on any atom is -0.316 e. The van der Waals surface area contributed by atoms with Crippen molar-refractivity contribution < 1.29 is 0 Å². The number of rotatable bonds is 7. The van der Waals surface area contributed by atoms with Crippen LogP contribution in [-0.4, -0.2) is 13.1 Å². The molecule has 1 nitrogen and oxygen atoms in total. The fourth-order valence-electron chi connectivity index (χ4n) is 3.38. The molecule has 0 amide bonds. The van der Waals surface area contributed by atoms with Crippen molar-refractivity contribution in [2.45, 2.75) is 57.4 Å². The number of hydrogen-bond acceptors (Lipinski definition) is 1. The maximum absolute atomic E-state index is 3.59. The lowest BCUT2D eigenvalue weighted by atomic mass is 9.82. The highest BCUT2D eigenvalue weighted by molar-refractivity contribution is 5.33. The minimum atomic E-state index is 0.429. The van der Waals surface area contributed by atoms with Crippen LogP contribution in [-0.2, 0) is 5.41 Å². The zero-order valence-corrected chi connectivity index (χ0v) is 12.1. The summed E-state index contributed by atoms with van der Waals surface area (Å²) in [6.45, 7) is 4.68. The Morgan fingerprint density at radius 3 is 2.39 bits per heavy atom. The Labute approximate surface area is 112 Å². The summed E-state index contributed by atoms with van der Waals surface area (Å²) in [5, 5.41) is 3.59. The van der Waals surface area contributed by atoms with Gasteiger partial charge in [0.1, 0.15) is 0 Å². The van der Waals surface area contributed by atoms with Gasteiger partial charge >= 0.3 is 0 Å². The second-order valence-electron chi connectivity index (χ2n) is 5.99. The molecule has 0 radical (unpaired) electrons. The van der Waals surface area contributed by atoms with E-state index in [2.05, 4.69) is 56.5 Å². The first-order valence-corrected chi connectivity index (χ1v) is 7.45. The van der Waals surface area contributed by atoms with Gasteiger partial charge in [0.15, 0.2) is 0 Å². The Hall–Kier alpha value is -0.820. The summed E-state index contributed by atoms with van der Waals surface area (Å²) in [5.41, 5.74) is 1.96. The van der Waals surface area contributed by atoms with E-state index in [0.29, 0.717) is 11.5 Å². The monoisotopic (exact) mass is 245 g/mol. The van der Waals surface area contributed by atoms with Crippen LogP contribution in [0.3, 0.4) is 0 Å². The fourth-order valence-corrected chi connectivity index (χ4v) is 3.38. The van der Waals surface area contributed by atoms with Crippen LogP contribution in [0.4, 0.5) is 0 Å². The highest BCUT2D eigenvalue weighted by Crippen LogP contribution is 2.52. The van der Waals surface area contributed by atoms with E-state index in [-0.39, 0.29) is 0 Å². The summed E-state index contributed by atoms with van der Waals surface area (Å²) in [6, 6.07) is 11.7. The van der Waals surface area contributed by atoms with Gasteiger partial charge in [-0.1, -0.05) is 57.0 Å². The Kier molecular flexibility index (Phi) is 4.45. The van der Waals surface area contributed by atoms with Crippen LogP contribution in [0.5, 0.6) is 0 Å². The predicted octanol–water partition coefficient (Wildman–Crippen LogP) is 4.13. The van der Waals surface area contributed by atoms with E-state index in [1.807, 2.05) is 0 Å². The zero-order valence-electron chi connectivity index (χ0n) is 12.1. The van der Waals surface area contributed by atoms with Gasteiger partial charge < -0.3 is 5.32 Å². The van der Waals surface area contributed by atoms with Gasteiger partial charge in [-0.2, -0.15) is 0 Å². The number of likely N-dealkylation sites (N-methyl/N-ethyl adjacent to an activating group) is 1. The van der Waals surface area contributed by atoms with E-state index in [0.717, 1.165) is 5.92 Å². The van der Waals surface area contributed by atoms with Crippen molar-refractivity contribution in [1.29, 1.82) is 0 Å². The molecule has 1 saturated carbocycles. The molecule has 1 aromatic carbocycles. The van der Waals surface area contributed by atoms with Crippen molar-refractivity contribution in [3.63, 3.8) is 0 Å². The Balaban J connectivity index is 2.08. The summed E-state index contributed by atoms with van der Waals surface area (Å²) in [4.78, 5) is 0. The summed E-state index contributed by atoms with van der Waals surface area (Å²) >= 11 is 0. The largest absolute Gasteiger partial charge is 0.316 e. The Morgan fingerprint density at radius 1 is 1.22 bits per heavy atom. The molecule has 2 atom stereocenters. The first-order chi connectivity index (χ1) is 8.73. The lowest BCUT2D eigenvalue weighted by Crippen LogP contribution is -2.39. The molecule has 2 rings (SSSR count). The van der Waals surface area contributed by atoms with Crippen LogP contribution < -0.4 is 5.32 Å². The van der Waals surface area contributed by atoms with Crippen LogP contribution in [0.15, 0.2) is 30.3 Å². The van der Waals surface area contributed by atoms with Crippen molar-refractivity contribution in [3.05, 3.63) is 35.9 Å². The summed E-state index contributed by atoms with van der Waals surface area (Å²) in [7, 11) is 2.13. The molecule has 0 bridgehead atoms. The average molecular weight is 245 g/mol. The number of benzene rings is 1. The van der Waals surface area contributed by atoms with Gasteiger partial charge in [-0.05, 0) is 37.8 Å². The third kappa shape index (κ3) is 2.77. The van der Waals surface area contributed by atoms with Gasteiger partial charge in [0.05, 0.1) is 0 Å². The van der Waals surface area contributed by atoms with Gasteiger partial charge in [-0.3, -0.25) is 0 Å². The molecule has 0 heterocycles. The van der Waals surface area contributed by atoms with Crippen molar-refractivity contribution in [1.82, 2.24) is 5.32 Å². The lowest BCUT2D eigenvalue weighted by molar-refractivity contribution is 0.344. The summed E-state index contributed by atoms with van der Waals surface area (Å²) < 4.78 is 0. The topological polar surface area (TPSA) is 12.0 Å². The minimum absolute atomic E-state index is 0.429. The summed E-state index contributed by atoms with van der Waals surface area (Å²) in [6.07, 6.45) is 6.65. The third-order valence-electron chi connectivity index (χ3n) is 4.57. The molecule has 0 spiro atoms. The molecule has 18 heavy (non-hydrogen) atoms. The second kappa shape index (κ2) is 5.88. The zero-order chi connectivity index (χ0) is 13.0. The van der Waals surface area contributed by atoms with Crippen LogP contribution in [0.1, 0.15) is 51.5 Å². The van der Waals surface area contributed by atoms with E-state index in [4.69, 9.17) is 0 Å². The third-order valence-corrected chi connectivity index (χ3v) is 4.57. The van der Waals surface area contributed by atoms with Gasteiger partial charge in [0.2, 0.25) is 0 Å². The second-order valence-corrected chi connectivity index (χ2v) is 5.99. The Morgan fingerprint density at radius 2 is 1.89 bits per heavy atom. The highest BCUT2D eigenvalue weighted by atomic mass is 14.9. The van der Waals surface area contributed by atoms with Gasteiger partial charge in [-0.25, -0.2) is 0 Å². The Bertz CT molecular complexity index is 353. The van der Waals surface area contributed by atoms with Crippen molar-refractivity contribution in [2.75, 3.05) is 7.05 Å². The van der Waals surface area contributed by atoms with Crippen LogP contribution in [0.25, 0.3) is 0 Å². The highest BCUT2D eigenvalue weighted by Gasteiger charge is 2.49. The standard InChI is InChI=1S/C17H27N/c1-4-8-14(2)13-16(18-3)17(11-12-17)15-9-6-5-7-10-15/h5-7,9-10,14,16,18H,4,8,11-13H2,1-3H3. The normalized spacial score (nSPS) is 20.4. The molecular weight excluding hydrogens is 218 g/mol. The van der Waals surface area contributed by atoms with Crippen molar-refractivity contribution in [2.24, 2.45) is 5.92 Å². The molecular formula is C17H27N. The molecule has 1 heteroatoms. The number of hydrogen-bond donors (Lipinski definition) is 1. The van der Waals surface area contributed by atoms with Gasteiger partial charge in [0.25, 0.3) is 0 Å². The van der Waals surface area contributed by atoms with Crippen molar-refractivity contribution in [3.8, 4) is 0 Å². The van der Waals surface area contributed by atoms with Gasteiger partial charge in [0, 0.05) is 11.5 Å². The van der Waals surface area contributed by atoms with E-state index >= 15 is 0 Å². The van der Waals surface area contributed by atoms with E-state index < -0.39 is 0 Å². The molecule has 1 N–H and O–H groups in total. The van der Waals surface area contributed by atoms with E-state index in [1.54, 1.807) is 0 Å². The lowest BCUT2D eigenvalue weighted by Gasteiger charge is -2.29. The molecule has 0 aliphatic heterocycles. The predicted molar refractivity (Wildman–Crippen MR) is 78.9 cm³/mol. The van der Waals surface area contributed by atoms with E-state index in [1.165, 1.54) is 37.7 Å². The molecule has 1 aromatic rings. The molecule has 0 saturated heterocycles. The smallest absolute Gasteiger partial charge is 0.0164 e. The van der Waals surface area contributed by atoms with Crippen molar-refractivity contribution >= 4 is 0 Å². The molecule has 2 unspecified atom stereocenters. The van der Waals surface area contributed by atoms with Crippen LogP contribution >= 0.6 is 0 Å². The molecule has 0 aromatic heterocycles. The van der Waals surface area contributed by atoms with Crippen LogP contribution in [0, 0.1) is 5.92 Å². The average Bonchev–Trinajstić information content (AvgIpc) is 3.19. The van der Waals surface area contributed by atoms with Gasteiger partial charge in [-0.15, -0.1) is 0 Å². The maximum Gasteiger partial charge on any atom is 0.0164 e. The molecule has 1 aliphatic carbocycles. The van der Waals surface area contributed by atoms with E-state index in [9.17, 15) is 0 Å². The quantitative estimate of drug-likeness (QED) is 0.761. The SMILES string of the molecule is CCCC(C)CC(NC)C1(c2ccccc2)CC1. The molecule has 1 aliphatic rings. The maximum atomic E-state index is 3.59. The molecule has 100 valence electrons. The molecule has 1 fully saturated rings. The first-order valence-electron chi connectivity index (χ1n) is 7.45. The number of nitrogens with one attached hydrogen (secondary N) is 1. The van der Waals surface area contributed by atoms with Crippen LogP contribution in [0.2, 0.25) is 0 Å². The summed E-state index contributed by atoms with van der Waals surface area (Å²) in [5.74, 6) is 0.827. The first kappa shape index (κ1) is 13.6. The fraction of sp³-hybridized carbons (Fsp3) is 0.647.